The second-order valence-corrected chi connectivity index (χ2v) is 6.92. The van der Waals surface area contributed by atoms with Crippen molar-refractivity contribution in [1.82, 2.24) is 20.2 Å². The summed E-state index contributed by atoms with van der Waals surface area (Å²) in [4.78, 5) is 35.3. The number of likely N-dealkylation sites (tertiary alicyclic amines) is 1. The Morgan fingerprint density at radius 2 is 2.15 bits per heavy atom. The molecule has 9 heteroatoms. The molecule has 0 bridgehead atoms. The van der Waals surface area contributed by atoms with Crippen molar-refractivity contribution < 1.29 is 14.0 Å². The minimum atomic E-state index is -0.535. The van der Waals surface area contributed by atoms with Crippen LogP contribution < -0.4 is 10.2 Å². The van der Waals surface area contributed by atoms with Gasteiger partial charge in [-0.05, 0) is 36.9 Å². The Morgan fingerprint density at radius 1 is 1.35 bits per heavy atom. The minimum absolute atomic E-state index is 0.0110. The molecule has 140 valence electrons. The van der Waals surface area contributed by atoms with Gasteiger partial charge in [-0.1, -0.05) is 6.58 Å². The lowest BCUT2D eigenvalue weighted by Crippen LogP contribution is -2.47. The highest BCUT2D eigenvalue weighted by Crippen LogP contribution is 2.23. The largest absolute Gasteiger partial charge is 0.352 e. The molecule has 1 aromatic rings. The van der Waals surface area contributed by atoms with Gasteiger partial charge in [-0.3, -0.25) is 9.59 Å². The molecule has 2 aliphatic heterocycles. The number of hydrogen-bond acceptors (Lipinski definition) is 5. The van der Waals surface area contributed by atoms with E-state index in [4.69, 9.17) is 11.6 Å². The molecule has 3 heterocycles. The summed E-state index contributed by atoms with van der Waals surface area (Å²) in [6, 6.07) is -0.0962. The molecule has 3 rings (SSSR count). The number of carbonyl (C=O) groups excluding carboxylic acids is 2. The Balaban J connectivity index is 1.56. The molecule has 2 unspecified atom stereocenters. The zero-order valence-corrected chi connectivity index (χ0v) is 15.1. The molecule has 1 aromatic heterocycles. The summed E-state index contributed by atoms with van der Waals surface area (Å²) >= 11 is 5.74. The van der Waals surface area contributed by atoms with Gasteiger partial charge in [0.2, 0.25) is 17.1 Å². The molecule has 1 N–H and O–H groups in total. The zero-order chi connectivity index (χ0) is 18.7. The number of carbonyl (C=O) groups is 2. The first kappa shape index (κ1) is 18.6. The predicted octanol–water partition coefficient (Wildman–Crippen LogP) is 1.39. The highest BCUT2D eigenvalue weighted by Gasteiger charge is 2.31. The van der Waals surface area contributed by atoms with Crippen LogP contribution in [0.1, 0.15) is 19.3 Å². The van der Waals surface area contributed by atoms with E-state index in [0.29, 0.717) is 32.6 Å². The van der Waals surface area contributed by atoms with Crippen molar-refractivity contribution in [2.75, 3.05) is 31.1 Å². The van der Waals surface area contributed by atoms with Gasteiger partial charge >= 0.3 is 0 Å². The van der Waals surface area contributed by atoms with E-state index >= 15 is 0 Å². The molecular weight excluding hydrogens is 361 g/mol. The SMILES string of the molecule is C=CC(=O)N1CCCC(C(=O)NC2CCN(c3nc(Cl)ncc3F)C2)C1. The maximum atomic E-state index is 13.9. The number of rotatable bonds is 4. The van der Waals surface area contributed by atoms with Crippen LogP contribution >= 0.6 is 11.6 Å². The van der Waals surface area contributed by atoms with Crippen molar-refractivity contribution in [3.8, 4) is 0 Å². The van der Waals surface area contributed by atoms with Crippen molar-refractivity contribution in [1.29, 1.82) is 0 Å². The molecule has 2 atom stereocenters. The summed E-state index contributed by atoms with van der Waals surface area (Å²) in [6.45, 7) is 5.58. The molecule has 26 heavy (non-hydrogen) atoms. The van der Waals surface area contributed by atoms with E-state index in [9.17, 15) is 14.0 Å². The Hall–Kier alpha value is -2.22. The average molecular weight is 382 g/mol. The Bertz CT molecular complexity index is 716. The minimum Gasteiger partial charge on any atom is -0.352 e. The van der Waals surface area contributed by atoms with E-state index in [1.807, 2.05) is 0 Å². The predicted molar refractivity (Wildman–Crippen MR) is 95.3 cm³/mol. The van der Waals surface area contributed by atoms with E-state index in [0.717, 1.165) is 19.0 Å². The standard InChI is InChI=1S/C17H21ClFN5O2/c1-2-14(25)23-6-3-4-11(9-23)16(26)21-12-5-7-24(10-12)15-13(19)8-20-17(18)22-15/h2,8,11-12H,1,3-7,9-10H2,(H,21,26). The molecule has 2 amide bonds. The van der Waals surface area contributed by atoms with Gasteiger partial charge in [0.05, 0.1) is 12.1 Å². The normalized spacial score (nSPS) is 23.0. The second-order valence-electron chi connectivity index (χ2n) is 6.58. The van der Waals surface area contributed by atoms with Crippen LogP contribution in [0.25, 0.3) is 0 Å². The molecule has 2 fully saturated rings. The van der Waals surface area contributed by atoms with Crippen LogP contribution in [0.5, 0.6) is 0 Å². The third-order valence-electron chi connectivity index (χ3n) is 4.81. The second kappa shape index (κ2) is 7.99. The number of nitrogens with one attached hydrogen (secondary N) is 1. The first-order valence-electron chi connectivity index (χ1n) is 8.62. The van der Waals surface area contributed by atoms with Gasteiger partial charge in [-0.2, -0.15) is 4.98 Å². The van der Waals surface area contributed by atoms with Gasteiger partial charge in [0.25, 0.3) is 0 Å². The molecule has 7 nitrogen and oxygen atoms in total. The van der Waals surface area contributed by atoms with Gasteiger partial charge in [0.1, 0.15) is 0 Å². The fourth-order valence-electron chi connectivity index (χ4n) is 3.47. The van der Waals surface area contributed by atoms with Crippen LogP contribution in [0.4, 0.5) is 10.2 Å². The van der Waals surface area contributed by atoms with Crippen LogP contribution in [0.3, 0.4) is 0 Å². The van der Waals surface area contributed by atoms with E-state index in [1.165, 1.54) is 6.08 Å². The summed E-state index contributed by atoms with van der Waals surface area (Å²) < 4.78 is 13.9. The smallest absolute Gasteiger partial charge is 0.245 e. The van der Waals surface area contributed by atoms with Crippen molar-refractivity contribution >= 4 is 29.2 Å². The average Bonchev–Trinajstić information content (AvgIpc) is 3.11. The summed E-state index contributed by atoms with van der Waals surface area (Å²) in [6.07, 6.45) is 4.55. The number of aromatic nitrogens is 2. The molecule has 2 aliphatic rings. The Kier molecular flexibility index (Phi) is 5.70. The molecule has 0 aliphatic carbocycles. The fraction of sp³-hybridized carbons (Fsp3) is 0.529. The monoisotopic (exact) mass is 381 g/mol. The van der Waals surface area contributed by atoms with Crippen LogP contribution in [-0.2, 0) is 9.59 Å². The van der Waals surface area contributed by atoms with Gasteiger partial charge in [-0.15, -0.1) is 0 Å². The first-order valence-corrected chi connectivity index (χ1v) is 9.00. The third kappa shape index (κ3) is 4.12. The maximum absolute atomic E-state index is 13.9. The number of halogens is 2. The number of hydrogen-bond donors (Lipinski definition) is 1. The van der Waals surface area contributed by atoms with Crippen LogP contribution in [0, 0.1) is 11.7 Å². The van der Waals surface area contributed by atoms with E-state index < -0.39 is 5.82 Å². The van der Waals surface area contributed by atoms with Gasteiger partial charge in [0.15, 0.2) is 11.6 Å². The summed E-state index contributed by atoms with van der Waals surface area (Å²) in [7, 11) is 0. The van der Waals surface area contributed by atoms with Crippen LogP contribution in [0.15, 0.2) is 18.9 Å². The van der Waals surface area contributed by atoms with Crippen molar-refractivity contribution in [2.24, 2.45) is 5.92 Å². The van der Waals surface area contributed by atoms with E-state index in [-0.39, 0.29) is 34.9 Å². The summed E-state index contributed by atoms with van der Waals surface area (Å²) in [5, 5.41) is 3.01. The number of anilines is 1. The zero-order valence-electron chi connectivity index (χ0n) is 14.3. The van der Waals surface area contributed by atoms with Gasteiger partial charge in [0, 0.05) is 32.2 Å². The molecule has 0 radical (unpaired) electrons. The topological polar surface area (TPSA) is 78.4 Å². The lowest BCUT2D eigenvalue weighted by molar-refractivity contribution is -0.132. The van der Waals surface area contributed by atoms with Crippen molar-refractivity contribution in [3.63, 3.8) is 0 Å². The van der Waals surface area contributed by atoms with Crippen LogP contribution in [0.2, 0.25) is 5.28 Å². The summed E-state index contributed by atoms with van der Waals surface area (Å²) in [5.41, 5.74) is 0. The number of piperidine rings is 1. The molecule has 2 saturated heterocycles. The third-order valence-corrected chi connectivity index (χ3v) is 4.99. The molecular formula is C17H21ClFN5O2. The molecule has 0 aromatic carbocycles. The maximum Gasteiger partial charge on any atom is 0.245 e. The number of amides is 2. The Labute approximate surface area is 156 Å². The van der Waals surface area contributed by atoms with E-state index in [2.05, 4.69) is 21.9 Å². The van der Waals surface area contributed by atoms with Gasteiger partial charge in [-0.25, -0.2) is 9.37 Å². The van der Waals surface area contributed by atoms with Crippen LogP contribution in [-0.4, -0.2) is 58.9 Å². The lowest BCUT2D eigenvalue weighted by atomic mass is 9.96. The molecule has 0 spiro atoms. The summed E-state index contributed by atoms with van der Waals surface area (Å²) in [5.74, 6) is -0.827. The quantitative estimate of drug-likeness (QED) is 0.630. The number of nitrogens with zero attached hydrogens (tertiary/aromatic N) is 4. The lowest BCUT2D eigenvalue weighted by Gasteiger charge is -2.32. The first-order chi connectivity index (χ1) is 12.5. The van der Waals surface area contributed by atoms with E-state index in [1.54, 1.807) is 9.80 Å². The Morgan fingerprint density at radius 3 is 2.92 bits per heavy atom. The van der Waals surface area contributed by atoms with Crippen molar-refractivity contribution in [2.45, 2.75) is 25.3 Å². The fourth-order valence-corrected chi connectivity index (χ4v) is 3.60. The highest BCUT2D eigenvalue weighted by molar-refractivity contribution is 6.28. The van der Waals surface area contributed by atoms with Crippen molar-refractivity contribution in [3.05, 3.63) is 30.0 Å². The molecule has 0 saturated carbocycles. The van der Waals surface area contributed by atoms with Gasteiger partial charge < -0.3 is 15.1 Å². The highest BCUT2D eigenvalue weighted by atomic mass is 35.5.